The van der Waals surface area contributed by atoms with Gasteiger partial charge in [-0.25, -0.2) is 52.6 Å². The fraction of sp³-hybridized carbons (Fsp3) is 0.481. The largest absolute Gasteiger partial charge is 0.472 e. The monoisotopic (exact) mass is 1330 g/mol. The first kappa shape index (κ1) is 67.3. The minimum atomic E-state index is -5.25. The Morgan fingerprint density at radius 2 is 1.53 bits per heavy atom. The van der Waals surface area contributed by atoms with Crippen molar-refractivity contribution in [3.8, 4) is 0 Å². The number of primary amides is 1. The van der Waals surface area contributed by atoms with Crippen molar-refractivity contribution in [1.29, 1.82) is 0 Å². The summed E-state index contributed by atoms with van der Waals surface area (Å²) < 4.78 is 92.8. The molecular formula is C52H63F2N15O19P2S. The van der Waals surface area contributed by atoms with Crippen LogP contribution in [0.25, 0.3) is 22.2 Å². The number of amides is 8. The molecule has 0 aliphatic carbocycles. The van der Waals surface area contributed by atoms with Gasteiger partial charge in [0.15, 0.2) is 42.0 Å². The van der Waals surface area contributed by atoms with Crippen LogP contribution in [0.5, 0.6) is 0 Å². The van der Waals surface area contributed by atoms with Crippen LogP contribution >= 0.6 is 14.5 Å². The van der Waals surface area contributed by atoms with Crippen molar-refractivity contribution in [2.75, 3.05) is 62.9 Å². The molecule has 91 heavy (non-hydrogen) atoms. The molecule has 10 N–H and O–H groups in total. The molecule has 39 heteroatoms. The number of rotatable bonds is 22. The van der Waals surface area contributed by atoms with Crippen molar-refractivity contribution < 1.29 is 98.5 Å². The second-order valence-corrected chi connectivity index (χ2v) is 25.6. The molecule has 8 amide bonds. The molecule has 490 valence electrons. The molecule has 12 atom stereocenters. The lowest BCUT2D eigenvalue weighted by molar-refractivity contribution is -0.137. The normalized spacial score (nSPS) is 25.6. The van der Waals surface area contributed by atoms with Gasteiger partial charge in [-0.2, -0.15) is 0 Å². The van der Waals surface area contributed by atoms with E-state index in [1.807, 2.05) is 0 Å². The molecule has 34 nitrogen and oxygen atoms in total. The van der Waals surface area contributed by atoms with Gasteiger partial charge >= 0.3 is 32.8 Å². The number of carbonyl (C=O) groups is 8. The number of carbonyl (C=O) groups excluding carboxylic acids is 8. The Hall–Kier alpha value is -8.09. The number of alkyl halides is 2. The van der Waals surface area contributed by atoms with Gasteiger partial charge in [0.25, 0.3) is 11.8 Å². The van der Waals surface area contributed by atoms with Crippen LogP contribution in [0.15, 0.2) is 67.7 Å². The number of phosphoric ester groups is 1. The van der Waals surface area contributed by atoms with Crippen LogP contribution in [-0.2, 0) is 84.0 Å². The third kappa shape index (κ3) is 16.5. The van der Waals surface area contributed by atoms with Gasteiger partial charge in [0.05, 0.1) is 37.5 Å². The first-order valence-corrected chi connectivity index (χ1v) is 32.1. The highest BCUT2D eigenvalue weighted by Crippen LogP contribution is 2.55. The van der Waals surface area contributed by atoms with Crippen molar-refractivity contribution in [3.05, 3.63) is 73.2 Å². The van der Waals surface area contributed by atoms with E-state index in [2.05, 4.69) is 46.2 Å². The molecule has 4 aliphatic rings. The zero-order chi connectivity index (χ0) is 65.5. The number of imidazole rings is 1. The van der Waals surface area contributed by atoms with Gasteiger partial charge in [0.2, 0.25) is 11.8 Å². The zero-order valence-electron chi connectivity index (χ0n) is 48.6. The number of anilines is 3. The topological polar surface area (TPSA) is 449 Å². The maximum atomic E-state index is 16.6. The number of halogens is 2. The Morgan fingerprint density at radius 3 is 2.22 bits per heavy atom. The average molecular weight is 1330 g/mol. The number of fused-ring (bicyclic) bond motifs is 4. The fourth-order valence-corrected chi connectivity index (χ4v) is 12.5. The molecule has 3 unspecified atom stereocenters. The predicted molar refractivity (Wildman–Crippen MR) is 313 cm³/mol. The van der Waals surface area contributed by atoms with E-state index < -0.39 is 142 Å². The molecule has 3 saturated heterocycles. The summed E-state index contributed by atoms with van der Waals surface area (Å²) in [6.45, 7) is -3.49. The number of phosphoric acid groups is 1. The quantitative estimate of drug-likeness (QED) is 0.0280. The van der Waals surface area contributed by atoms with Crippen LogP contribution in [0.1, 0.15) is 57.6 Å². The predicted octanol–water partition coefficient (Wildman–Crippen LogP) is 2.69. The van der Waals surface area contributed by atoms with E-state index in [4.69, 9.17) is 60.3 Å². The van der Waals surface area contributed by atoms with Gasteiger partial charge < -0.3 is 70.1 Å². The van der Waals surface area contributed by atoms with E-state index in [-0.39, 0.29) is 92.4 Å². The molecule has 0 saturated carbocycles. The maximum Gasteiger partial charge on any atom is 0.472 e. The second kappa shape index (κ2) is 29.0. The summed E-state index contributed by atoms with van der Waals surface area (Å²) in [7, 11) is -3.86. The van der Waals surface area contributed by atoms with E-state index in [9.17, 15) is 52.7 Å². The fourth-order valence-electron chi connectivity index (χ4n) is 10.1. The zero-order valence-corrected chi connectivity index (χ0v) is 51.2. The summed E-state index contributed by atoms with van der Waals surface area (Å²) in [6.07, 6.45) is -9.60. The van der Waals surface area contributed by atoms with E-state index in [1.165, 1.54) is 34.8 Å². The molecule has 0 bridgehead atoms. The third-order valence-corrected chi connectivity index (χ3v) is 17.3. The number of Topliss-reactive ketones (excluding diaryl/α,β-unsaturated/α-hetero) is 1. The van der Waals surface area contributed by atoms with Crippen LogP contribution in [0, 0.1) is 11.8 Å². The number of hydrogen-bond donors (Lipinski definition) is 8. The lowest BCUT2D eigenvalue weighted by Gasteiger charge is -2.28. The number of benzene rings is 1. The van der Waals surface area contributed by atoms with Crippen molar-refractivity contribution >= 4 is 113 Å². The summed E-state index contributed by atoms with van der Waals surface area (Å²) in [5, 5.41) is 10.5. The van der Waals surface area contributed by atoms with Crippen molar-refractivity contribution in [2.24, 2.45) is 17.6 Å². The number of hydrogen-bond acceptors (Lipinski definition) is 24. The summed E-state index contributed by atoms with van der Waals surface area (Å²) in [5.74, 6) is -4.09. The SMILES string of the molecule is CC(C)C(NC(=O)CCN1C(=O)C=CC1=O)C(=O)C[C@@H](CCCNC(N)=O)C(=O)Nc1ccc(COC(=O)N(C)CCOC(=O)Nc2ncnc3c2ccn3[C@@H]2O[C@@H]3COP(O)(=S)O[C@H]4[C@@H](F)[C@H](n5cnc6c(N)ncnc65)O[C@@H]4COP(=O)(O)O[C@H]3[C@H]2F)cc1. The molecule has 5 aromatic rings. The first-order chi connectivity index (χ1) is 43.3. The number of ether oxygens (including phenoxy) is 4. The maximum absolute atomic E-state index is 16.6. The first-order valence-electron chi connectivity index (χ1n) is 28.0. The highest BCUT2D eigenvalue weighted by atomic mass is 32.5. The Labute approximate surface area is 519 Å². The second-order valence-electron chi connectivity index (χ2n) is 21.4. The van der Waals surface area contributed by atoms with Gasteiger partial charge in [0, 0.05) is 62.9 Å². The minimum absolute atomic E-state index is 0.0116. The molecule has 4 aliphatic heterocycles. The van der Waals surface area contributed by atoms with Gasteiger partial charge in [-0.05, 0) is 54.3 Å². The molecule has 9 rings (SSSR count). The van der Waals surface area contributed by atoms with E-state index in [1.54, 1.807) is 38.1 Å². The van der Waals surface area contributed by atoms with Crippen LogP contribution in [0.2, 0.25) is 0 Å². The number of likely N-dealkylation sites (N-methyl/N-ethyl adjacent to an activating group) is 1. The standard InChI is InChI=1S/C52H63F2N15O19P2S/c1-26(2)39(64-34(71)13-16-67-35(72)10-11-36(67)73)31(70)19-28(5-4-14-57-50(56)75)47(74)63-29-8-6-27(7-9-29)20-82-52(77)66(3)17-18-81-51(76)65-44-30-12-15-68(45(30)60-24-59-44)48-37(53)41-33(85-48)22-84-90(80,91)88-42-32(21-83-89(78,79)87-41)86-49(38(42)54)69-25-62-40-43(55)58-23-61-46(40)69/h6-12,15,23-26,28,32-33,37-39,41-42,48-49H,4-5,13-14,16-22H2,1-3H3,(H,63,74)(H,64,71)(H,78,79)(H,80,91)(H2,55,58,61)(H3,56,57,75)(H,59,60,65,76)/t28-,32-,33-,37-,38-,39?,41-,42-,48-,49-,90?/m1/s1. The summed E-state index contributed by atoms with van der Waals surface area (Å²) in [5.41, 5.74) is 12.1. The summed E-state index contributed by atoms with van der Waals surface area (Å²) >= 11 is 5.21. The van der Waals surface area contributed by atoms with Crippen LogP contribution in [0.3, 0.4) is 0 Å². The summed E-state index contributed by atoms with van der Waals surface area (Å²) in [6, 6.07) is 5.88. The Kier molecular flexibility index (Phi) is 21.5. The number of nitrogen functional groups attached to an aromatic ring is 1. The van der Waals surface area contributed by atoms with Crippen molar-refractivity contribution in [3.63, 3.8) is 0 Å². The highest BCUT2D eigenvalue weighted by molar-refractivity contribution is 8.07. The van der Waals surface area contributed by atoms with Gasteiger partial charge in [0.1, 0.15) is 67.3 Å². The van der Waals surface area contributed by atoms with Gasteiger partial charge in [-0.15, -0.1) is 0 Å². The Bertz CT molecular complexity index is 3680. The van der Waals surface area contributed by atoms with Crippen LogP contribution in [0.4, 0.5) is 40.5 Å². The average Bonchev–Trinajstić information content (AvgIpc) is 1.63. The van der Waals surface area contributed by atoms with Crippen molar-refractivity contribution in [1.82, 2.24) is 54.5 Å². The van der Waals surface area contributed by atoms with Crippen molar-refractivity contribution in [2.45, 2.75) is 101 Å². The third-order valence-electron chi connectivity index (χ3n) is 14.7. The number of aromatic nitrogens is 7. The van der Waals surface area contributed by atoms with E-state index in [0.29, 0.717) is 11.3 Å². The number of ketones is 1. The lowest BCUT2D eigenvalue weighted by Crippen LogP contribution is -2.46. The van der Waals surface area contributed by atoms with E-state index in [0.717, 1.165) is 34.6 Å². The Balaban J connectivity index is 0.738. The molecule has 3 fully saturated rings. The molecule has 0 radical (unpaired) electrons. The number of nitrogens with two attached hydrogens (primary N) is 2. The van der Waals surface area contributed by atoms with Gasteiger partial charge in [-0.1, -0.05) is 26.0 Å². The smallest absolute Gasteiger partial charge is 0.447 e. The number of urea groups is 1. The summed E-state index contributed by atoms with van der Waals surface area (Å²) in [4.78, 5) is 146. The molecule has 0 spiro atoms. The minimum Gasteiger partial charge on any atom is -0.447 e. The molecule has 4 aromatic heterocycles. The highest BCUT2D eigenvalue weighted by Gasteiger charge is 2.54. The molecule has 8 heterocycles. The van der Waals surface area contributed by atoms with Gasteiger partial charge in [-0.3, -0.25) is 52.3 Å². The number of imide groups is 1. The molecular weight excluding hydrogens is 1270 g/mol. The van der Waals surface area contributed by atoms with Crippen LogP contribution in [-0.4, -0.2) is 191 Å². The molecule has 1 aromatic carbocycles. The number of nitrogens with zero attached hydrogens (tertiary/aromatic N) is 9. The Morgan fingerprint density at radius 1 is 0.868 bits per heavy atom. The lowest BCUT2D eigenvalue weighted by atomic mass is 9.89. The number of nitrogens with one attached hydrogen (secondary N) is 4. The van der Waals surface area contributed by atoms with Crippen LogP contribution < -0.4 is 32.7 Å². The van der Waals surface area contributed by atoms with E-state index >= 15 is 8.78 Å².